The van der Waals surface area contributed by atoms with Crippen molar-refractivity contribution < 1.29 is 0 Å². The Kier molecular flexibility index (Phi) is 3.62. The summed E-state index contributed by atoms with van der Waals surface area (Å²) in [5.74, 6) is 1.53. The van der Waals surface area contributed by atoms with Crippen LogP contribution in [0.3, 0.4) is 0 Å². The molecule has 0 saturated heterocycles. The molecule has 1 aliphatic carbocycles. The fourth-order valence-corrected chi connectivity index (χ4v) is 2.57. The number of aromatic nitrogens is 1. The van der Waals surface area contributed by atoms with Crippen molar-refractivity contribution in [3.05, 3.63) is 23.4 Å². The normalized spacial score (nSPS) is 23.6. The van der Waals surface area contributed by atoms with E-state index in [1.807, 2.05) is 19.1 Å². The summed E-state index contributed by atoms with van der Waals surface area (Å²) in [6.07, 6.45) is 3.77. The van der Waals surface area contributed by atoms with Gasteiger partial charge in [0.05, 0.1) is 5.56 Å². The molecule has 1 heterocycles. The first-order valence-corrected chi connectivity index (χ1v) is 6.52. The van der Waals surface area contributed by atoms with Crippen molar-refractivity contribution in [2.75, 3.05) is 5.32 Å². The van der Waals surface area contributed by atoms with Crippen molar-refractivity contribution in [1.82, 2.24) is 4.98 Å². The maximum Gasteiger partial charge on any atom is 0.136 e. The minimum Gasteiger partial charge on any atom is -0.389 e. The number of anilines is 1. The van der Waals surface area contributed by atoms with Crippen LogP contribution in [0, 0.1) is 12.8 Å². The first-order chi connectivity index (χ1) is 8.08. The number of nitrogens with two attached hydrogens (primary N) is 1. The standard InChI is InChI=1S/C13H19N3S/c1-8-4-3-5-11(8)16-13-10(12(14)17)7-6-9(2)15-13/h6-8,11H,3-5H2,1-2H3,(H2,14,17)(H,15,16). The number of rotatable bonds is 3. The Morgan fingerprint density at radius 1 is 1.47 bits per heavy atom. The summed E-state index contributed by atoms with van der Waals surface area (Å²) in [7, 11) is 0. The smallest absolute Gasteiger partial charge is 0.136 e. The molecule has 0 bridgehead atoms. The Hall–Kier alpha value is -1.16. The number of hydrogen-bond donors (Lipinski definition) is 2. The third-order valence-electron chi connectivity index (χ3n) is 3.48. The number of hydrogen-bond acceptors (Lipinski definition) is 3. The van der Waals surface area contributed by atoms with Crippen LogP contribution < -0.4 is 11.1 Å². The largest absolute Gasteiger partial charge is 0.389 e. The molecule has 92 valence electrons. The van der Waals surface area contributed by atoms with Crippen LogP contribution in [0.25, 0.3) is 0 Å². The van der Waals surface area contributed by atoms with Gasteiger partial charge < -0.3 is 11.1 Å². The molecule has 17 heavy (non-hydrogen) atoms. The zero-order valence-corrected chi connectivity index (χ0v) is 11.2. The van der Waals surface area contributed by atoms with E-state index in [2.05, 4.69) is 17.2 Å². The molecule has 0 radical (unpaired) electrons. The van der Waals surface area contributed by atoms with E-state index in [4.69, 9.17) is 18.0 Å². The van der Waals surface area contributed by atoms with E-state index >= 15 is 0 Å². The summed E-state index contributed by atoms with van der Waals surface area (Å²) in [5, 5.41) is 3.50. The second-order valence-electron chi connectivity index (χ2n) is 4.87. The highest BCUT2D eigenvalue weighted by Gasteiger charge is 2.24. The van der Waals surface area contributed by atoms with Crippen LogP contribution >= 0.6 is 12.2 Å². The molecule has 3 N–H and O–H groups in total. The lowest BCUT2D eigenvalue weighted by atomic mass is 10.1. The predicted molar refractivity (Wildman–Crippen MR) is 75.3 cm³/mol. The van der Waals surface area contributed by atoms with Crippen LogP contribution in [-0.2, 0) is 0 Å². The summed E-state index contributed by atoms with van der Waals surface area (Å²) in [5.41, 5.74) is 7.56. The second-order valence-corrected chi connectivity index (χ2v) is 5.31. The SMILES string of the molecule is Cc1ccc(C(N)=S)c(NC2CCCC2C)n1. The molecule has 1 aromatic heterocycles. The molecule has 2 rings (SSSR count). The summed E-state index contributed by atoms with van der Waals surface area (Å²) >= 11 is 5.06. The Bertz CT molecular complexity index is 431. The van der Waals surface area contributed by atoms with Gasteiger partial charge in [-0.1, -0.05) is 25.6 Å². The first-order valence-electron chi connectivity index (χ1n) is 6.12. The molecule has 2 atom stereocenters. The molecule has 4 heteroatoms. The van der Waals surface area contributed by atoms with Crippen LogP contribution in [0.2, 0.25) is 0 Å². The summed E-state index contributed by atoms with van der Waals surface area (Å²) < 4.78 is 0. The highest BCUT2D eigenvalue weighted by atomic mass is 32.1. The van der Waals surface area contributed by atoms with E-state index in [0.29, 0.717) is 16.9 Å². The van der Waals surface area contributed by atoms with Gasteiger partial charge in [0.1, 0.15) is 10.8 Å². The van der Waals surface area contributed by atoms with Crippen molar-refractivity contribution in [2.45, 2.75) is 39.2 Å². The minimum absolute atomic E-state index is 0.408. The van der Waals surface area contributed by atoms with Crippen molar-refractivity contribution in [1.29, 1.82) is 0 Å². The Labute approximate surface area is 108 Å². The van der Waals surface area contributed by atoms with Gasteiger partial charge in [-0.3, -0.25) is 0 Å². The van der Waals surface area contributed by atoms with Gasteiger partial charge >= 0.3 is 0 Å². The summed E-state index contributed by atoms with van der Waals surface area (Å²) in [6.45, 7) is 4.26. The number of thiocarbonyl (C=S) groups is 1. The van der Waals surface area contributed by atoms with Crippen LogP contribution in [0.1, 0.15) is 37.4 Å². The summed E-state index contributed by atoms with van der Waals surface area (Å²) in [6, 6.07) is 4.39. The lowest BCUT2D eigenvalue weighted by molar-refractivity contribution is 0.554. The molecule has 2 unspecified atom stereocenters. The van der Waals surface area contributed by atoms with Crippen LogP contribution in [0.15, 0.2) is 12.1 Å². The number of aryl methyl sites for hydroxylation is 1. The number of pyridine rings is 1. The highest BCUT2D eigenvalue weighted by Crippen LogP contribution is 2.28. The van der Waals surface area contributed by atoms with Gasteiger partial charge in [0.15, 0.2) is 0 Å². The quantitative estimate of drug-likeness (QED) is 0.809. The van der Waals surface area contributed by atoms with Crippen molar-refractivity contribution in [2.24, 2.45) is 11.7 Å². The van der Waals surface area contributed by atoms with Gasteiger partial charge in [-0.05, 0) is 37.8 Å². The maximum absolute atomic E-state index is 5.72. The van der Waals surface area contributed by atoms with E-state index in [0.717, 1.165) is 17.1 Å². The average molecular weight is 249 g/mol. The van der Waals surface area contributed by atoms with Gasteiger partial charge in [-0.15, -0.1) is 0 Å². The third-order valence-corrected chi connectivity index (χ3v) is 3.70. The van der Waals surface area contributed by atoms with Gasteiger partial charge in [-0.25, -0.2) is 4.98 Å². The van der Waals surface area contributed by atoms with E-state index in [9.17, 15) is 0 Å². The lowest BCUT2D eigenvalue weighted by Gasteiger charge is -2.20. The van der Waals surface area contributed by atoms with Crippen molar-refractivity contribution >= 4 is 23.0 Å². The first kappa shape index (κ1) is 12.3. The second kappa shape index (κ2) is 5.00. The average Bonchev–Trinajstić information content (AvgIpc) is 2.64. The molecule has 0 aromatic carbocycles. The highest BCUT2D eigenvalue weighted by molar-refractivity contribution is 7.80. The fourth-order valence-electron chi connectivity index (χ4n) is 2.40. The van der Waals surface area contributed by atoms with Crippen LogP contribution in [0.5, 0.6) is 0 Å². The Balaban J connectivity index is 2.24. The zero-order valence-electron chi connectivity index (χ0n) is 10.4. The van der Waals surface area contributed by atoms with Gasteiger partial charge in [0.25, 0.3) is 0 Å². The zero-order chi connectivity index (χ0) is 12.4. The number of nitrogens with one attached hydrogen (secondary N) is 1. The van der Waals surface area contributed by atoms with E-state index in [1.54, 1.807) is 0 Å². The molecule has 0 amide bonds. The monoisotopic (exact) mass is 249 g/mol. The maximum atomic E-state index is 5.72. The van der Waals surface area contributed by atoms with Gasteiger partial charge in [0, 0.05) is 11.7 Å². The molecule has 0 aliphatic heterocycles. The molecular formula is C13H19N3S. The molecule has 1 fully saturated rings. The molecule has 1 saturated carbocycles. The lowest BCUT2D eigenvalue weighted by Crippen LogP contribution is -2.25. The summed E-state index contributed by atoms with van der Waals surface area (Å²) in [4.78, 5) is 4.92. The predicted octanol–water partition coefficient (Wildman–Crippen LogP) is 2.62. The Morgan fingerprint density at radius 3 is 2.82 bits per heavy atom. The van der Waals surface area contributed by atoms with E-state index in [-0.39, 0.29) is 0 Å². The molecular weight excluding hydrogens is 230 g/mol. The van der Waals surface area contributed by atoms with E-state index in [1.165, 1.54) is 19.3 Å². The van der Waals surface area contributed by atoms with Gasteiger partial charge in [-0.2, -0.15) is 0 Å². The third kappa shape index (κ3) is 2.75. The Morgan fingerprint density at radius 2 is 2.24 bits per heavy atom. The molecule has 3 nitrogen and oxygen atoms in total. The molecule has 0 spiro atoms. The number of nitrogens with zero attached hydrogens (tertiary/aromatic N) is 1. The minimum atomic E-state index is 0.408. The molecule has 1 aromatic rings. The van der Waals surface area contributed by atoms with E-state index < -0.39 is 0 Å². The van der Waals surface area contributed by atoms with Gasteiger partial charge in [0.2, 0.25) is 0 Å². The van der Waals surface area contributed by atoms with Crippen LogP contribution in [0.4, 0.5) is 5.82 Å². The van der Waals surface area contributed by atoms with Crippen molar-refractivity contribution in [3.63, 3.8) is 0 Å². The molecule has 1 aliphatic rings. The fraction of sp³-hybridized carbons (Fsp3) is 0.538. The van der Waals surface area contributed by atoms with Crippen molar-refractivity contribution in [3.8, 4) is 0 Å². The topological polar surface area (TPSA) is 50.9 Å². The van der Waals surface area contributed by atoms with Crippen LogP contribution in [-0.4, -0.2) is 16.0 Å².